The first-order valence-corrected chi connectivity index (χ1v) is 12.6. The Labute approximate surface area is 199 Å². The van der Waals surface area contributed by atoms with E-state index >= 15 is 0 Å². The minimum Gasteiger partial charge on any atom is -0.461 e. The van der Waals surface area contributed by atoms with Gasteiger partial charge in [0.2, 0.25) is 11.7 Å². The number of anilines is 1. The van der Waals surface area contributed by atoms with Gasteiger partial charge in [-0.2, -0.15) is 5.26 Å². The predicted octanol–water partition coefficient (Wildman–Crippen LogP) is 5.46. The van der Waals surface area contributed by atoms with Crippen molar-refractivity contribution in [1.29, 1.82) is 5.26 Å². The number of benzene rings is 1. The fraction of sp³-hybridized carbons (Fsp3) is 0.250. The number of fused-ring (bicyclic) bond motifs is 1. The summed E-state index contributed by atoms with van der Waals surface area (Å²) in [5, 5.41) is 22.6. The molecule has 0 bridgehead atoms. The second kappa shape index (κ2) is 9.65. The van der Waals surface area contributed by atoms with E-state index in [4.69, 9.17) is 4.42 Å². The number of hydrogen-bond donors (Lipinski definition) is 1. The molecular weight excluding hydrogens is 454 g/mol. The van der Waals surface area contributed by atoms with Crippen molar-refractivity contribution in [3.05, 3.63) is 64.7 Å². The van der Waals surface area contributed by atoms with E-state index in [2.05, 4.69) is 21.6 Å². The summed E-state index contributed by atoms with van der Waals surface area (Å²) in [6.07, 6.45) is 6.07. The van der Waals surface area contributed by atoms with Crippen LogP contribution in [-0.2, 0) is 17.6 Å². The summed E-state index contributed by atoms with van der Waals surface area (Å²) in [4.78, 5) is 13.9. The maximum atomic E-state index is 12.6. The molecule has 0 unspecified atom stereocenters. The van der Waals surface area contributed by atoms with Gasteiger partial charge < -0.3 is 9.73 Å². The smallest absolute Gasteiger partial charge is 0.225 e. The molecule has 1 aromatic carbocycles. The van der Waals surface area contributed by atoms with Crippen molar-refractivity contribution in [3.8, 4) is 23.3 Å². The Morgan fingerprint density at radius 1 is 1.18 bits per heavy atom. The number of amides is 1. The van der Waals surface area contributed by atoms with Crippen LogP contribution in [0.1, 0.15) is 35.3 Å². The molecule has 3 aromatic heterocycles. The summed E-state index contributed by atoms with van der Waals surface area (Å²) in [7, 11) is 0. The molecule has 0 saturated heterocycles. The number of thioether (sulfide) groups is 1. The van der Waals surface area contributed by atoms with Crippen molar-refractivity contribution >= 4 is 34.0 Å². The van der Waals surface area contributed by atoms with E-state index in [-0.39, 0.29) is 5.91 Å². The second-order valence-corrected chi connectivity index (χ2v) is 9.80. The zero-order valence-electron chi connectivity index (χ0n) is 17.8. The van der Waals surface area contributed by atoms with Crippen LogP contribution in [0.25, 0.3) is 17.3 Å². The van der Waals surface area contributed by atoms with E-state index in [0.29, 0.717) is 39.5 Å². The van der Waals surface area contributed by atoms with Crippen LogP contribution in [0.15, 0.2) is 58.3 Å². The van der Waals surface area contributed by atoms with Crippen molar-refractivity contribution in [2.75, 3.05) is 11.1 Å². The van der Waals surface area contributed by atoms with Crippen LogP contribution in [-0.4, -0.2) is 26.4 Å². The standard InChI is InChI=1S/C24H21N5O2S2/c25-15-18-17-9-4-5-11-20(17)33-23(18)26-21(30)12-14-32-24-28-27-22(19-10-6-13-31-19)29(24)16-7-2-1-3-8-16/h1-3,6-8,10,13H,4-5,9,11-12,14H2,(H,26,30). The largest absolute Gasteiger partial charge is 0.461 e. The van der Waals surface area contributed by atoms with Crippen LogP contribution in [0.5, 0.6) is 0 Å². The minimum absolute atomic E-state index is 0.102. The average Bonchev–Trinajstić information content (AvgIpc) is 3.57. The predicted molar refractivity (Wildman–Crippen MR) is 129 cm³/mol. The third-order valence-corrected chi connectivity index (χ3v) is 7.62. The number of carbonyl (C=O) groups excluding carboxylic acids is 1. The normalized spacial score (nSPS) is 12.8. The van der Waals surface area contributed by atoms with E-state index < -0.39 is 0 Å². The Morgan fingerprint density at radius 2 is 2.03 bits per heavy atom. The van der Waals surface area contributed by atoms with Gasteiger partial charge >= 0.3 is 0 Å². The van der Waals surface area contributed by atoms with Gasteiger partial charge in [-0.05, 0) is 55.5 Å². The molecule has 0 fully saturated rings. The van der Waals surface area contributed by atoms with Crippen molar-refractivity contribution in [2.24, 2.45) is 0 Å². The van der Waals surface area contributed by atoms with Gasteiger partial charge in [-0.1, -0.05) is 30.0 Å². The molecule has 166 valence electrons. The summed E-state index contributed by atoms with van der Waals surface area (Å²) in [5.74, 6) is 1.67. The Balaban J connectivity index is 1.29. The third-order valence-electron chi connectivity index (χ3n) is 5.49. The van der Waals surface area contributed by atoms with Crippen molar-refractivity contribution in [1.82, 2.24) is 14.8 Å². The van der Waals surface area contributed by atoms with Gasteiger partial charge in [0.15, 0.2) is 10.9 Å². The van der Waals surface area contributed by atoms with Crippen molar-refractivity contribution < 1.29 is 9.21 Å². The van der Waals surface area contributed by atoms with Crippen LogP contribution in [0.3, 0.4) is 0 Å². The summed E-state index contributed by atoms with van der Waals surface area (Å²) in [5.41, 5.74) is 2.69. The minimum atomic E-state index is -0.102. The Morgan fingerprint density at radius 3 is 2.82 bits per heavy atom. The lowest BCUT2D eigenvalue weighted by Gasteiger charge is -2.09. The van der Waals surface area contributed by atoms with Gasteiger partial charge in [-0.15, -0.1) is 21.5 Å². The fourth-order valence-corrected chi connectivity index (χ4v) is 6.08. The van der Waals surface area contributed by atoms with Crippen molar-refractivity contribution in [2.45, 2.75) is 37.3 Å². The number of para-hydroxylation sites is 1. The summed E-state index contributed by atoms with van der Waals surface area (Å²) in [6.45, 7) is 0. The number of rotatable bonds is 7. The average molecular weight is 476 g/mol. The molecule has 1 amide bonds. The molecular formula is C24H21N5O2S2. The molecule has 7 nitrogen and oxygen atoms in total. The van der Waals surface area contributed by atoms with E-state index in [1.165, 1.54) is 16.6 Å². The Bertz CT molecular complexity index is 1300. The molecule has 33 heavy (non-hydrogen) atoms. The van der Waals surface area contributed by atoms with E-state index in [1.54, 1.807) is 17.6 Å². The maximum absolute atomic E-state index is 12.6. The van der Waals surface area contributed by atoms with Crippen LogP contribution in [0.2, 0.25) is 0 Å². The van der Waals surface area contributed by atoms with Gasteiger partial charge in [0.1, 0.15) is 11.1 Å². The van der Waals surface area contributed by atoms with Crippen LogP contribution >= 0.6 is 23.1 Å². The molecule has 0 radical (unpaired) electrons. The van der Waals surface area contributed by atoms with E-state index in [0.717, 1.165) is 36.9 Å². The number of thiophene rings is 1. The highest BCUT2D eigenvalue weighted by molar-refractivity contribution is 7.99. The second-order valence-electron chi connectivity index (χ2n) is 7.63. The number of aryl methyl sites for hydroxylation is 1. The number of nitrogens with zero attached hydrogens (tertiary/aromatic N) is 4. The van der Waals surface area contributed by atoms with Crippen LogP contribution < -0.4 is 5.32 Å². The third kappa shape index (κ3) is 4.45. The number of nitrogens with one attached hydrogen (secondary N) is 1. The molecule has 1 N–H and O–H groups in total. The van der Waals surface area contributed by atoms with Crippen LogP contribution in [0.4, 0.5) is 5.00 Å². The first-order chi connectivity index (χ1) is 16.2. The SMILES string of the molecule is N#Cc1c(NC(=O)CCSc2nnc(-c3ccco3)n2-c2ccccc2)sc2c1CCCC2. The molecule has 0 atom stereocenters. The number of nitriles is 1. The number of furan rings is 1. The summed E-state index contributed by atoms with van der Waals surface area (Å²) in [6, 6.07) is 15.8. The Hall–Kier alpha value is -3.35. The summed E-state index contributed by atoms with van der Waals surface area (Å²) < 4.78 is 7.47. The molecule has 4 aromatic rings. The highest BCUT2D eigenvalue weighted by Crippen LogP contribution is 2.37. The van der Waals surface area contributed by atoms with Gasteiger partial charge in [-0.3, -0.25) is 9.36 Å². The fourth-order valence-electron chi connectivity index (χ4n) is 3.94. The first kappa shape index (κ1) is 21.5. The van der Waals surface area contributed by atoms with Crippen LogP contribution in [0, 0.1) is 11.3 Å². The van der Waals surface area contributed by atoms with Gasteiger partial charge in [0, 0.05) is 22.7 Å². The van der Waals surface area contributed by atoms with Gasteiger partial charge in [-0.25, -0.2) is 0 Å². The molecule has 0 spiro atoms. The molecule has 9 heteroatoms. The summed E-state index contributed by atoms with van der Waals surface area (Å²) >= 11 is 3.01. The van der Waals surface area contributed by atoms with E-state index in [1.807, 2.05) is 47.0 Å². The monoisotopic (exact) mass is 475 g/mol. The molecule has 1 aliphatic carbocycles. The zero-order chi connectivity index (χ0) is 22.6. The molecule has 1 aliphatic rings. The quantitative estimate of drug-likeness (QED) is 0.357. The number of carbonyl (C=O) groups is 1. The van der Waals surface area contributed by atoms with Gasteiger partial charge in [0.05, 0.1) is 11.8 Å². The topological polar surface area (TPSA) is 96.7 Å². The maximum Gasteiger partial charge on any atom is 0.225 e. The lowest BCUT2D eigenvalue weighted by Crippen LogP contribution is -2.12. The lowest BCUT2D eigenvalue weighted by atomic mass is 9.96. The lowest BCUT2D eigenvalue weighted by molar-refractivity contribution is -0.115. The Kier molecular flexibility index (Phi) is 6.28. The van der Waals surface area contributed by atoms with Crippen molar-refractivity contribution in [3.63, 3.8) is 0 Å². The molecule has 0 saturated carbocycles. The number of hydrogen-bond acceptors (Lipinski definition) is 7. The number of aromatic nitrogens is 3. The molecule has 5 rings (SSSR count). The highest BCUT2D eigenvalue weighted by Gasteiger charge is 2.22. The zero-order valence-corrected chi connectivity index (χ0v) is 19.4. The molecule has 0 aliphatic heterocycles. The highest BCUT2D eigenvalue weighted by atomic mass is 32.2. The molecule has 3 heterocycles. The first-order valence-electron chi connectivity index (χ1n) is 10.8. The van der Waals surface area contributed by atoms with Gasteiger partial charge in [0.25, 0.3) is 0 Å². The van der Waals surface area contributed by atoms with E-state index in [9.17, 15) is 10.1 Å².